The topological polar surface area (TPSA) is 93.5 Å². The Bertz CT molecular complexity index is 1630. The van der Waals surface area contributed by atoms with Gasteiger partial charge >= 0.3 is 11.8 Å². The fraction of sp³-hybridized carbons (Fsp3) is 0.345. The number of anilines is 1. The second kappa shape index (κ2) is 11.2. The summed E-state index contributed by atoms with van der Waals surface area (Å²) in [5, 5.41) is -0.00381. The number of carbonyl (C=O) groups is 1. The highest BCUT2D eigenvalue weighted by Crippen LogP contribution is 2.33. The van der Waals surface area contributed by atoms with Gasteiger partial charge in [0.2, 0.25) is 0 Å². The monoisotopic (exact) mass is 564 g/mol. The summed E-state index contributed by atoms with van der Waals surface area (Å²) in [5.41, 5.74) is 2.10. The van der Waals surface area contributed by atoms with Gasteiger partial charge in [-0.05, 0) is 37.0 Å². The average molecular weight is 565 g/mol. The first kappa shape index (κ1) is 27.5. The third kappa shape index (κ3) is 5.11. The van der Waals surface area contributed by atoms with E-state index in [4.69, 9.17) is 16.3 Å². The van der Waals surface area contributed by atoms with E-state index in [1.807, 2.05) is 62.9 Å². The molecular weight excluding hydrogens is 535 g/mol. The van der Waals surface area contributed by atoms with Gasteiger partial charge in [0.1, 0.15) is 17.9 Å². The van der Waals surface area contributed by atoms with Crippen molar-refractivity contribution < 1.29 is 13.9 Å². The summed E-state index contributed by atoms with van der Waals surface area (Å²) in [5.74, 6) is -0.558. The van der Waals surface area contributed by atoms with Crippen LogP contribution in [0.5, 0.6) is 0 Å². The molecule has 0 bridgehead atoms. The fourth-order valence-corrected chi connectivity index (χ4v) is 5.23. The van der Waals surface area contributed by atoms with Crippen molar-refractivity contribution in [2.75, 3.05) is 24.5 Å². The van der Waals surface area contributed by atoms with Crippen molar-refractivity contribution in [3.05, 3.63) is 87.1 Å². The number of benzene rings is 1. The zero-order valence-electron chi connectivity index (χ0n) is 22.8. The number of hydrogen-bond acceptors (Lipinski definition) is 7. The molecule has 0 spiro atoms. The molecule has 9 nitrogen and oxygen atoms in total. The Labute approximate surface area is 236 Å². The molecule has 1 fully saturated rings. The number of carbonyl (C=O) groups excluding carboxylic acids is 1. The number of rotatable bonds is 5. The molecule has 0 aliphatic carbocycles. The first-order valence-electron chi connectivity index (χ1n) is 13.1. The van der Waals surface area contributed by atoms with Gasteiger partial charge in [-0.15, -0.1) is 0 Å². The standard InChI is InChI=1S/C29H30ClFN6O3/c1-17(2)23-24(18(3)10-11-32-23)37-25-21(14-33-26(30)22(25)31)27(34-28(37)38)36-13-12-35(15-19(36)4)29(39)40-16-20-8-6-5-7-9-20/h5-11,14,17,19H,12-13,15-16H2,1-4H3/t19-/m0/s1. The highest BCUT2D eigenvalue weighted by atomic mass is 35.5. The predicted octanol–water partition coefficient (Wildman–Crippen LogP) is 5.25. The minimum absolute atomic E-state index is 0.00935. The van der Waals surface area contributed by atoms with E-state index in [-0.39, 0.29) is 35.1 Å². The van der Waals surface area contributed by atoms with E-state index in [2.05, 4.69) is 15.0 Å². The number of amides is 1. The summed E-state index contributed by atoms with van der Waals surface area (Å²) < 4.78 is 22.5. The number of fused-ring (bicyclic) bond motifs is 1. The highest BCUT2D eigenvalue weighted by Gasteiger charge is 2.32. The van der Waals surface area contributed by atoms with Crippen LogP contribution in [-0.2, 0) is 11.3 Å². The van der Waals surface area contributed by atoms with Gasteiger partial charge in [0.25, 0.3) is 0 Å². The second-order valence-corrected chi connectivity index (χ2v) is 10.6. The summed E-state index contributed by atoms with van der Waals surface area (Å²) >= 11 is 6.13. The molecule has 1 aromatic carbocycles. The van der Waals surface area contributed by atoms with Crippen LogP contribution >= 0.6 is 11.6 Å². The van der Waals surface area contributed by atoms with Gasteiger partial charge in [0, 0.05) is 38.1 Å². The quantitative estimate of drug-likeness (QED) is 0.306. The lowest BCUT2D eigenvalue weighted by Crippen LogP contribution is -2.54. The maximum absolute atomic E-state index is 15.7. The van der Waals surface area contributed by atoms with Crippen molar-refractivity contribution in [2.24, 2.45) is 0 Å². The number of pyridine rings is 2. The fourth-order valence-electron chi connectivity index (χ4n) is 5.09. The maximum Gasteiger partial charge on any atom is 0.410 e. The van der Waals surface area contributed by atoms with Crippen molar-refractivity contribution in [1.82, 2.24) is 24.4 Å². The summed E-state index contributed by atoms with van der Waals surface area (Å²) in [6, 6.07) is 11.0. The number of piperazine rings is 1. The first-order chi connectivity index (χ1) is 19.2. The molecule has 11 heteroatoms. The molecule has 1 amide bonds. The van der Waals surface area contributed by atoms with E-state index in [1.54, 1.807) is 17.2 Å². The number of aromatic nitrogens is 4. The van der Waals surface area contributed by atoms with Crippen molar-refractivity contribution in [3.63, 3.8) is 0 Å². The number of hydrogen-bond donors (Lipinski definition) is 0. The normalized spacial score (nSPS) is 15.6. The molecule has 0 saturated carbocycles. The second-order valence-electron chi connectivity index (χ2n) is 10.2. The molecule has 40 heavy (non-hydrogen) atoms. The number of halogens is 2. The van der Waals surface area contributed by atoms with Gasteiger partial charge in [-0.1, -0.05) is 55.8 Å². The molecule has 0 N–H and O–H groups in total. The van der Waals surface area contributed by atoms with E-state index >= 15 is 4.39 Å². The van der Waals surface area contributed by atoms with E-state index < -0.39 is 17.6 Å². The lowest BCUT2D eigenvalue weighted by molar-refractivity contribution is 0.0898. The van der Waals surface area contributed by atoms with Crippen LogP contribution in [0, 0.1) is 12.7 Å². The molecule has 0 radical (unpaired) electrons. The van der Waals surface area contributed by atoms with Crippen LogP contribution in [0.4, 0.5) is 15.0 Å². The Morgan fingerprint density at radius 2 is 1.93 bits per heavy atom. The van der Waals surface area contributed by atoms with Gasteiger partial charge in [0.05, 0.1) is 16.8 Å². The van der Waals surface area contributed by atoms with Crippen molar-refractivity contribution >= 4 is 34.4 Å². The minimum atomic E-state index is -0.811. The van der Waals surface area contributed by atoms with Crippen LogP contribution in [-0.4, -0.2) is 56.2 Å². The number of aryl methyl sites for hydroxylation is 1. The number of nitrogens with zero attached hydrogens (tertiary/aromatic N) is 6. The molecule has 1 aliphatic rings. The van der Waals surface area contributed by atoms with Gasteiger partial charge in [0.15, 0.2) is 11.0 Å². The Morgan fingerprint density at radius 1 is 1.18 bits per heavy atom. The van der Waals surface area contributed by atoms with E-state index in [0.29, 0.717) is 36.4 Å². The summed E-state index contributed by atoms with van der Waals surface area (Å²) in [7, 11) is 0. The Hall–Kier alpha value is -4.05. The van der Waals surface area contributed by atoms with Crippen LogP contribution in [0.3, 0.4) is 0 Å². The van der Waals surface area contributed by atoms with Crippen LogP contribution in [0.2, 0.25) is 5.15 Å². The Balaban J connectivity index is 1.51. The smallest absolute Gasteiger partial charge is 0.410 e. The SMILES string of the molecule is Cc1ccnc(C(C)C)c1-n1c(=O)nc(N2CCN(C(=O)OCc3ccccc3)C[C@@H]2C)c2cnc(Cl)c(F)c21. The van der Waals surface area contributed by atoms with Gasteiger partial charge in [-0.2, -0.15) is 4.98 Å². The van der Waals surface area contributed by atoms with Crippen LogP contribution in [0.1, 0.15) is 43.5 Å². The van der Waals surface area contributed by atoms with Gasteiger partial charge in [-0.3, -0.25) is 9.55 Å². The molecule has 3 aromatic heterocycles. The van der Waals surface area contributed by atoms with Crippen molar-refractivity contribution in [3.8, 4) is 5.69 Å². The largest absolute Gasteiger partial charge is 0.445 e. The molecule has 5 rings (SSSR count). The maximum atomic E-state index is 15.7. The predicted molar refractivity (Wildman–Crippen MR) is 152 cm³/mol. The average Bonchev–Trinajstić information content (AvgIpc) is 2.94. The third-order valence-corrected chi connectivity index (χ3v) is 7.36. The van der Waals surface area contributed by atoms with Crippen molar-refractivity contribution in [1.29, 1.82) is 0 Å². The lowest BCUT2D eigenvalue weighted by atomic mass is 10.0. The van der Waals surface area contributed by atoms with E-state index in [1.165, 1.54) is 10.8 Å². The molecule has 1 atom stereocenters. The molecule has 0 unspecified atom stereocenters. The lowest BCUT2D eigenvalue weighted by Gasteiger charge is -2.40. The molecular formula is C29H30ClFN6O3. The molecule has 208 valence electrons. The highest BCUT2D eigenvalue weighted by molar-refractivity contribution is 6.30. The number of ether oxygens (including phenoxy) is 1. The minimum Gasteiger partial charge on any atom is -0.445 e. The molecule has 4 aromatic rings. The zero-order chi connectivity index (χ0) is 28.6. The summed E-state index contributed by atoms with van der Waals surface area (Å²) in [4.78, 5) is 42.9. The summed E-state index contributed by atoms with van der Waals surface area (Å²) in [6.45, 7) is 8.88. The Kier molecular flexibility index (Phi) is 7.71. The van der Waals surface area contributed by atoms with E-state index in [0.717, 1.165) is 11.1 Å². The first-order valence-corrected chi connectivity index (χ1v) is 13.5. The van der Waals surface area contributed by atoms with Crippen LogP contribution < -0.4 is 10.6 Å². The van der Waals surface area contributed by atoms with Gasteiger partial charge < -0.3 is 14.5 Å². The third-order valence-electron chi connectivity index (χ3n) is 7.10. The van der Waals surface area contributed by atoms with Crippen LogP contribution in [0.15, 0.2) is 53.6 Å². The van der Waals surface area contributed by atoms with E-state index in [9.17, 15) is 9.59 Å². The molecule has 1 saturated heterocycles. The summed E-state index contributed by atoms with van der Waals surface area (Å²) in [6.07, 6.45) is 2.68. The van der Waals surface area contributed by atoms with Gasteiger partial charge in [-0.25, -0.2) is 19.0 Å². The Morgan fingerprint density at radius 3 is 2.62 bits per heavy atom. The van der Waals surface area contributed by atoms with Crippen LogP contribution in [0.25, 0.3) is 16.6 Å². The van der Waals surface area contributed by atoms with Crippen molar-refractivity contribution in [2.45, 2.75) is 46.3 Å². The zero-order valence-corrected chi connectivity index (χ0v) is 23.5. The molecule has 4 heterocycles. The molecule has 1 aliphatic heterocycles.